The average molecular weight is 425 g/mol. The minimum atomic E-state index is -2.81. The molecule has 1 atom stereocenters. The van der Waals surface area contributed by atoms with Crippen molar-refractivity contribution < 1.29 is 8.42 Å². The molecule has 2 fully saturated rings. The van der Waals surface area contributed by atoms with E-state index in [4.69, 9.17) is 4.99 Å². The van der Waals surface area contributed by atoms with Crippen molar-refractivity contribution >= 4 is 27.6 Å². The van der Waals surface area contributed by atoms with E-state index in [9.17, 15) is 8.42 Å². The van der Waals surface area contributed by atoms with Crippen LogP contribution in [0.3, 0.4) is 0 Å². The predicted molar refractivity (Wildman–Crippen MR) is 118 cm³/mol. The Morgan fingerprint density at radius 1 is 1.21 bits per heavy atom. The minimum absolute atomic E-state index is 0.281. The van der Waals surface area contributed by atoms with E-state index < -0.39 is 9.84 Å². The number of nitrogens with one attached hydrogen (secondary N) is 1. The predicted octanol–water partition coefficient (Wildman–Crippen LogP) is 1.80. The lowest BCUT2D eigenvalue weighted by Gasteiger charge is -2.26. The van der Waals surface area contributed by atoms with Crippen LogP contribution in [-0.4, -0.2) is 87.2 Å². The van der Waals surface area contributed by atoms with Crippen molar-refractivity contribution in [3.8, 4) is 0 Å². The van der Waals surface area contributed by atoms with Crippen molar-refractivity contribution in [1.82, 2.24) is 15.1 Å². The van der Waals surface area contributed by atoms with Crippen LogP contribution in [0.5, 0.6) is 0 Å². The standard InChI is InChI=1S/C20H32N4O2S2/c1-2-21-20(22-9-11-23-12-14-28(25,26)15-13-23)24-10-8-18(16-24)17-27-19-6-4-3-5-7-19/h3-7,18H,2,8-17H2,1H3,(H,21,22). The summed E-state index contributed by atoms with van der Waals surface area (Å²) in [6.07, 6.45) is 1.20. The molecule has 2 heterocycles. The van der Waals surface area contributed by atoms with E-state index in [1.165, 1.54) is 11.3 Å². The molecular formula is C20H32N4O2S2. The van der Waals surface area contributed by atoms with Gasteiger partial charge in [0, 0.05) is 49.9 Å². The highest BCUT2D eigenvalue weighted by molar-refractivity contribution is 7.99. The van der Waals surface area contributed by atoms with E-state index >= 15 is 0 Å². The third-order valence-electron chi connectivity index (χ3n) is 5.26. The maximum atomic E-state index is 11.5. The molecule has 6 nitrogen and oxygen atoms in total. The van der Waals surface area contributed by atoms with Crippen LogP contribution in [0.1, 0.15) is 13.3 Å². The number of thioether (sulfide) groups is 1. The summed E-state index contributed by atoms with van der Waals surface area (Å²) in [6, 6.07) is 10.6. The van der Waals surface area contributed by atoms with E-state index in [1.807, 2.05) is 11.8 Å². The topological polar surface area (TPSA) is 65.0 Å². The quantitative estimate of drug-likeness (QED) is 0.409. The van der Waals surface area contributed by atoms with Crippen LogP contribution < -0.4 is 5.32 Å². The molecule has 0 saturated carbocycles. The summed E-state index contributed by atoms with van der Waals surface area (Å²) in [5.74, 6) is 3.39. The van der Waals surface area contributed by atoms with Gasteiger partial charge in [0.25, 0.3) is 0 Å². The first kappa shape index (κ1) is 21.5. The molecule has 0 bridgehead atoms. The van der Waals surface area contributed by atoms with Crippen molar-refractivity contribution in [3.05, 3.63) is 30.3 Å². The number of hydrogen-bond donors (Lipinski definition) is 1. The number of guanidine groups is 1. The monoisotopic (exact) mass is 424 g/mol. The van der Waals surface area contributed by atoms with Gasteiger partial charge in [-0.25, -0.2) is 8.42 Å². The summed E-state index contributed by atoms with van der Waals surface area (Å²) in [5.41, 5.74) is 0. The molecule has 1 aromatic rings. The van der Waals surface area contributed by atoms with Gasteiger partial charge in [0.05, 0.1) is 18.1 Å². The molecule has 0 aromatic heterocycles. The number of aliphatic imine (C=N–C) groups is 1. The maximum absolute atomic E-state index is 11.5. The number of benzene rings is 1. The third-order valence-corrected chi connectivity index (χ3v) is 8.12. The highest BCUT2D eigenvalue weighted by atomic mass is 32.2. The van der Waals surface area contributed by atoms with E-state index in [-0.39, 0.29) is 11.5 Å². The zero-order chi connectivity index (χ0) is 19.8. The minimum Gasteiger partial charge on any atom is -0.357 e. The summed E-state index contributed by atoms with van der Waals surface area (Å²) in [5, 5.41) is 3.42. The van der Waals surface area contributed by atoms with Gasteiger partial charge in [0.2, 0.25) is 0 Å². The summed E-state index contributed by atoms with van der Waals surface area (Å²) < 4.78 is 23.1. The van der Waals surface area contributed by atoms with Crippen LogP contribution in [-0.2, 0) is 9.84 Å². The SMILES string of the molecule is CCNC(=NCCN1CCS(=O)(=O)CC1)N1CCC(CSc2ccccc2)C1. The van der Waals surface area contributed by atoms with Crippen molar-refractivity contribution in [1.29, 1.82) is 0 Å². The normalized spacial score (nSPS) is 23.1. The molecule has 3 rings (SSSR count). The Hall–Kier alpha value is -1.25. The molecule has 2 aliphatic heterocycles. The molecular weight excluding hydrogens is 392 g/mol. The molecule has 0 aliphatic carbocycles. The summed E-state index contributed by atoms with van der Waals surface area (Å²) >= 11 is 1.94. The molecule has 1 unspecified atom stereocenters. The molecule has 2 aliphatic rings. The largest absolute Gasteiger partial charge is 0.357 e. The van der Waals surface area contributed by atoms with Crippen molar-refractivity contribution in [2.75, 3.05) is 63.1 Å². The molecule has 156 valence electrons. The van der Waals surface area contributed by atoms with Gasteiger partial charge in [0.15, 0.2) is 15.8 Å². The zero-order valence-electron chi connectivity index (χ0n) is 16.7. The van der Waals surface area contributed by atoms with Crippen molar-refractivity contribution in [2.45, 2.75) is 18.2 Å². The zero-order valence-corrected chi connectivity index (χ0v) is 18.3. The first-order valence-electron chi connectivity index (χ1n) is 10.2. The number of sulfone groups is 1. The Labute approximate surface area is 173 Å². The molecule has 2 saturated heterocycles. The number of likely N-dealkylation sites (tertiary alicyclic amines) is 1. The highest BCUT2D eigenvalue weighted by Crippen LogP contribution is 2.25. The Balaban J connectivity index is 1.45. The fraction of sp³-hybridized carbons (Fsp3) is 0.650. The van der Waals surface area contributed by atoms with Gasteiger partial charge in [-0.05, 0) is 31.4 Å². The van der Waals surface area contributed by atoms with Gasteiger partial charge in [0.1, 0.15) is 0 Å². The Morgan fingerprint density at radius 3 is 2.68 bits per heavy atom. The molecule has 0 spiro atoms. The molecule has 1 aromatic carbocycles. The van der Waals surface area contributed by atoms with Crippen LogP contribution in [0, 0.1) is 5.92 Å². The summed E-state index contributed by atoms with van der Waals surface area (Å²) in [6.45, 7) is 7.87. The van der Waals surface area contributed by atoms with E-state index in [0.29, 0.717) is 25.6 Å². The Morgan fingerprint density at radius 2 is 1.96 bits per heavy atom. The first-order valence-corrected chi connectivity index (χ1v) is 13.0. The lowest BCUT2D eigenvalue weighted by molar-refractivity contribution is 0.303. The average Bonchev–Trinajstić information content (AvgIpc) is 3.17. The van der Waals surface area contributed by atoms with Crippen LogP contribution in [0.15, 0.2) is 40.2 Å². The maximum Gasteiger partial charge on any atom is 0.193 e. The van der Waals surface area contributed by atoms with Gasteiger partial charge in [-0.3, -0.25) is 9.89 Å². The van der Waals surface area contributed by atoms with Crippen molar-refractivity contribution in [3.63, 3.8) is 0 Å². The summed E-state index contributed by atoms with van der Waals surface area (Å²) in [4.78, 5) is 10.7. The van der Waals surface area contributed by atoms with E-state index in [0.717, 1.165) is 37.9 Å². The Kier molecular flexibility index (Phi) is 8.05. The number of rotatable bonds is 7. The fourth-order valence-electron chi connectivity index (χ4n) is 3.59. The lowest BCUT2D eigenvalue weighted by atomic mass is 10.2. The van der Waals surface area contributed by atoms with Crippen LogP contribution >= 0.6 is 11.8 Å². The van der Waals surface area contributed by atoms with Crippen molar-refractivity contribution in [2.24, 2.45) is 10.9 Å². The van der Waals surface area contributed by atoms with Gasteiger partial charge >= 0.3 is 0 Å². The molecule has 8 heteroatoms. The third kappa shape index (κ3) is 6.67. The summed E-state index contributed by atoms with van der Waals surface area (Å²) in [7, 11) is -2.81. The van der Waals surface area contributed by atoms with Gasteiger partial charge in [-0.2, -0.15) is 0 Å². The molecule has 28 heavy (non-hydrogen) atoms. The Bertz CT molecular complexity index is 726. The fourth-order valence-corrected chi connectivity index (χ4v) is 5.92. The second-order valence-corrected chi connectivity index (χ2v) is 10.9. The van der Waals surface area contributed by atoms with Crippen LogP contribution in [0.2, 0.25) is 0 Å². The first-order chi connectivity index (χ1) is 13.6. The highest BCUT2D eigenvalue weighted by Gasteiger charge is 2.25. The molecule has 0 radical (unpaired) electrons. The smallest absolute Gasteiger partial charge is 0.193 e. The van der Waals surface area contributed by atoms with Crippen LogP contribution in [0.4, 0.5) is 0 Å². The second kappa shape index (κ2) is 10.5. The number of hydrogen-bond acceptors (Lipinski definition) is 5. The van der Waals surface area contributed by atoms with Gasteiger partial charge < -0.3 is 10.2 Å². The van der Waals surface area contributed by atoms with Gasteiger partial charge in [-0.15, -0.1) is 11.8 Å². The van der Waals surface area contributed by atoms with E-state index in [1.54, 1.807) is 0 Å². The molecule has 1 N–H and O–H groups in total. The van der Waals surface area contributed by atoms with E-state index in [2.05, 4.69) is 52.4 Å². The molecule has 0 amide bonds. The number of nitrogens with zero attached hydrogens (tertiary/aromatic N) is 3. The van der Waals surface area contributed by atoms with Crippen LogP contribution in [0.25, 0.3) is 0 Å². The second-order valence-electron chi connectivity index (χ2n) is 7.45. The van der Waals surface area contributed by atoms with Gasteiger partial charge in [-0.1, -0.05) is 18.2 Å². The lowest BCUT2D eigenvalue weighted by Crippen LogP contribution is -2.43.